The molecule has 2 aromatic rings. The number of hydrogen-bond donors (Lipinski definition) is 2. The molecule has 0 fully saturated rings. The first kappa shape index (κ1) is 13.5. The van der Waals surface area contributed by atoms with Gasteiger partial charge in [-0.25, -0.2) is 4.39 Å². The van der Waals surface area contributed by atoms with Gasteiger partial charge in [0, 0.05) is 24.0 Å². The van der Waals surface area contributed by atoms with Crippen molar-refractivity contribution in [3.05, 3.63) is 53.1 Å². The number of benzene rings is 1. The van der Waals surface area contributed by atoms with Crippen LogP contribution in [0.5, 0.6) is 0 Å². The summed E-state index contributed by atoms with van der Waals surface area (Å²) in [5.74, 6) is -0.707. The van der Waals surface area contributed by atoms with Gasteiger partial charge in [-0.2, -0.15) is 0 Å². The average Bonchev–Trinajstić information content (AvgIpc) is 2.81. The van der Waals surface area contributed by atoms with Gasteiger partial charge in [0.1, 0.15) is 5.82 Å². The molecule has 4 nitrogen and oxygen atoms in total. The fourth-order valence-corrected chi connectivity index (χ4v) is 2.60. The molecule has 1 aliphatic carbocycles. The van der Waals surface area contributed by atoms with Gasteiger partial charge in [-0.3, -0.25) is 9.59 Å². The van der Waals surface area contributed by atoms with Crippen LogP contribution in [0.25, 0.3) is 0 Å². The van der Waals surface area contributed by atoms with E-state index in [1.54, 1.807) is 6.20 Å². The van der Waals surface area contributed by atoms with Crippen LogP contribution in [-0.2, 0) is 6.42 Å². The fourth-order valence-electron chi connectivity index (χ4n) is 2.60. The Labute approximate surface area is 121 Å². The van der Waals surface area contributed by atoms with E-state index >= 15 is 0 Å². The normalized spacial score (nSPS) is 14.4. The second-order valence-corrected chi connectivity index (χ2v) is 5.15. The summed E-state index contributed by atoms with van der Waals surface area (Å²) in [6.07, 6.45) is 4.62. The molecule has 0 bridgehead atoms. The lowest BCUT2D eigenvalue weighted by atomic mass is 10.0. The Morgan fingerprint density at radius 2 is 1.86 bits per heavy atom. The summed E-state index contributed by atoms with van der Waals surface area (Å²) in [5, 5.41) is 2.68. The van der Waals surface area contributed by atoms with Gasteiger partial charge >= 0.3 is 0 Å². The third-order valence-corrected chi connectivity index (χ3v) is 3.67. The Hall–Kier alpha value is -2.43. The number of aromatic amines is 1. The maximum Gasteiger partial charge on any atom is 0.257 e. The smallest absolute Gasteiger partial charge is 0.257 e. The molecule has 0 unspecified atom stereocenters. The minimum Gasteiger partial charge on any atom is -0.364 e. The minimum absolute atomic E-state index is 0.00741. The predicted molar refractivity (Wildman–Crippen MR) is 77.0 cm³/mol. The van der Waals surface area contributed by atoms with Gasteiger partial charge in [0.25, 0.3) is 5.91 Å². The average molecular weight is 286 g/mol. The highest BCUT2D eigenvalue weighted by Crippen LogP contribution is 2.24. The number of H-pyrrole nitrogens is 1. The molecule has 3 rings (SSSR count). The number of Topliss-reactive ketones (excluding diaryl/α,β-unsaturated/α-hetero) is 1. The molecule has 0 saturated heterocycles. The van der Waals surface area contributed by atoms with E-state index in [1.807, 2.05) is 0 Å². The van der Waals surface area contributed by atoms with Crippen LogP contribution in [0.2, 0.25) is 0 Å². The van der Waals surface area contributed by atoms with Crippen molar-refractivity contribution in [3.63, 3.8) is 0 Å². The number of fused-ring (bicyclic) bond motifs is 1. The number of aryl methyl sites for hydroxylation is 1. The zero-order valence-electron chi connectivity index (χ0n) is 11.4. The van der Waals surface area contributed by atoms with Gasteiger partial charge < -0.3 is 10.3 Å². The largest absolute Gasteiger partial charge is 0.364 e. The molecular weight excluding hydrogens is 271 g/mol. The lowest BCUT2D eigenvalue weighted by Crippen LogP contribution is -2.15. The predicted octanol–water partition coefficient (Wildman–Crippen LogP) is 3.32. The van der Waals surface area contributed by atoms with E-state index in [0.29, 0.717) is 23.2 Å². The molecule has 0 aliphatic heterocycles. The first-order valence-corrected chi connectivity index (χ1v) is 6.95. The van der Waals surface area contributed by atoms with E-state index in [1.165, 1.54) is 24.3 Å². The monoisotopic (exact) mass is 286 g/mol. The van der Waals surface area contributed by atoms with Crippen LogP contribution in [0.15, 0.2) is 30.5 Å². The highest BCUT2D eigenvalue weighted by atomic mass is 19.1. The standard InChI is InChI=1S/C16H15FN2O2/c17-10-5-7-11(8-6-10)19-16(21)12-9-18-13-3-1-2-4-14(20)15(12)13/h5-9,18H,1-4H2,(H,19,21). The van der Waals surface area contributed by atoms with Crippen molar-refractivity contribution in [2.45, 2.75) is 25.7 Å². The minimum atomic E-state index is -0.362. The van der Waals surface area contributed by atoms with Gasteiger partial charge in [0.05, 0.1) is 11.1 Å². The molecule has 0 atom stereocenters. The number of carbonyl (C=O) groups is 2. The Kier molecular flexibility index (Phi) is 3.56. The van der Waals surface area contributed by atoms with Crippen LogP contribution < -0.4 is 5.32 Å². The number of hydrogen-bond acceptors (Lipinski definition) is 2. The zero-order valence-corrected chi connectivity index (χ0v) is 11.4. The lowest BCUT2D eigenvalue weighted by Gasteiger charge is -2.06. The van der Waals surface area contributed by atoms with E-state index in [9.17, 15) is 14.0 Å². The number of halogens is 1. The van der Waals surface area contributed by atoms with Crippen molar-refractivity contribution in [1.29, 1.82) is 0 Å². The summed E-state index contributed by atoms with van der Waals surface area (Å²) < 4.78 is 12.9. The molecule has 108 valence electrons. The molecule has 0 spiro atoms. The molecule has 1 aromatic carbocycles. The number of nitrogens with one attached hydrogen (secondary N) is 2. The van der Waals surface area contributed by atoms with Crippen molar-refractivity contribution in [2.75, 3.05) is 5.32 Å². The van der Waals surface area contributed by atoms with Gasteiger partial charge in [0.2, 0.25) is 0 Å². The Morgan fingerprint density at radius 1 is 1.14 bits per heavy atom. The quantitative estimate of drug-likeness (QED) is 0.832. The molecule has 1 aromatic heterocycles. The number of aromatic nitrogens is 1. The van der Waals surface area contributed by atoms with Crippen LogP contribution in [0.4, 0.5) is 10.1 Å². The maximum absolute atomic E-state index is 12.9. The Bertz CT molecular complexity index is 689. The van der Waals surface area contributed by atoms with E-state index in [-0.39, 0.29) is 17.5 Å². The second-order valence-electron chi connectivity index (χ2n) is 5.15. The SMILES string of the molecule is O=C(Nc1ccc(F)cc1)c1c[nH]c2c1C(=O)CCCC2. The summed E-state index contributed by atoms with van der Waals surface area (Å²) in [6, 6.07) is 5.53. The number of amides is 1. The van der Waals surface area contributed by atoms with Crippen LogP contribution in [0.3, 0.4) is 0 Å². The molecule has 0 saturated carbocycles. The molecular formula is C16H15FN2O2. The summed E-state index contributed by atoms with van der Waals surface area (Å²) in [5.41, 5.74) is 2.20. The van der Waals surface area contributed by atoms with Gasteiger partial charge in [-0.1, -0.05) is 0 Å². The van der Waals surface area contributed by atoms with Crippen molar-refractivity contribution < 1.29 is 14.0 Å². The molecule has 1 heterocycles. The lowest BCUT2D eigenvalue weighted by molar-refractivity contribution is 0.0965. The zero-order chi connectivity index (χ0) is 14.8. The summed E-state index contributed by atoms with van der Waals surface area (Å²) >= 11 is 0. The molecule has 2 N–H and O–H groups in total. The van der Waals surface area contributed by atoms with Crippen molar-refractivity contribution in [3.8, 4) is 0 Å². The topological polar surface area (TPSA) is 62.0 Å². The van der Waals surface area contributed by atoms with E-state index in [0.717, 1.165) is 25.0 Å². The fraction of sp³-hybridized carbons (Fsp3) is 0.250. The third kappa shape index (κ3) is 2.72. The highest BCUT2D eigenvalue weighted by molar-refractivity contribution is 6.13. The Morgan fingerprint density at radius 3 is 2.62 bits per heavy atom. The number of rotatable bonds is 2. The maximum atomic E-state index is 12.9. The Balaban J connectivity index is 1.87. The molecule has 5 heteroatoms. The van der Waals surface area contributed by atoms with Gasteiger partial charge in [-0.15, -0.1) is 0 Å². The van der Waals surface area contributed by atoms with Gasteiger partial charge in [0.15, 0.2) is 5.78 Å². The number of carbonyl (C=O) groups excluding carboxylic acids is 2. The summed E-state index contributed by atoms with van der Waals surface area (Å²) in [7, 11) is 0. The third-order valence-electron chi connectivity index (χ3n) is 3.67. The van der Waals surface area contributed by atoms with Crippen LogP contribution >= 0.6 is 0 Å². The van der Waals surface area contributed by atoms with Crippen molar-refractivity contribution in [1.82, 2.24) is 4.98 Å². The van der Waals surface area contributed by atoms with E-state index in [4.69, 9.17) is 0 Å². The van der Waals surface area contributed by atoms with E-state index in [2.05, 4.69) is 10.3 Å². The van der Waals surface area contributed by atoms with Crippen molar-refractivity contribution in [2.24, 2.45) is 0 Å². The molecule has 0 radical (unpaired) electrons. The van der Waals surface area contributed by atoms with Crippen LogP contribution in [0.1, 0.15) is 45.7 Å². The number of ketones is 1. The second kappa shape index (κ2) is 5.52. The van der Waals surface area contributed by atoms with E-state index < -0.39 is 0 Å². The van der Waals surface area contributed by atoms with Crippen LogP contribution in [0, 0.1) is 5.82 Å². The highest BCUT2D eigenvalue weighted by Gasteiger charge is 2.24. The van der Waals surface area contributed by atoms with Crippen molar-refractivity contribution >= 4 is 17.4 Å². The number of anilines is 1. The first-order valence-electron chi connectivity index (χ1n) is 6.95. The van der Waals surface area contributed by atoms with Gasteiger partial charge in [-0.05, 0) is 43.5 Å². The molecule has 1 amide bonds. The summed E-state index contributed by atoms with van der Waals surface area (Å²) in [6.45, 7) is 0. The molecule has 1 aliphatic rings. The summed E-state index contributed by atoms with van der Waals surface area (Å²) in [4.78, 5) is 27.5. The molecule has 21 heavy (non-hydrogen) atoms. The van der Waals surface area contributed by atoms with Crippen LogP contribution in [-0.4, -0.2) is 16.7 Å². The first-order chi connectivity index (χ1) is 10.1.